The maximum Gasteiger partial charge on any atom is 0.262 e. The van der Waals surface area contributed by atoms with Crippen molar-refractivity contribution in [2.45, 2.75) is 52.0 Å². The van der Waals surface area contributed by atoms with Crippen molar-refractivity contribution in [2.24, 2.45) is 5.92 Å². The number of nitrogens with zero attached hydrogens (tertiary/aromatic N) is 3. The van der Waals surface area contributed by atoms with Crippen molar-refractivity contribution in [1.29, 1.82) is 0 Å². The summed E-state index contributed by atoms with van der Waals surface area (Å²) in [5.41, 5.74) is 2.17. The van der Waals surface area contributed by atoms with Gasteiger partial charge in [0.15, 0.2) is 0 Å². The lowest BCUT2D eigenvalue weighted by Gasteiger charge is -2.18. The van der Waals surface area contributed by atoms with Crippen molar-refractivity contribution in [2.75, 3.05) is 0 Å². The lowest BCUT2D eigenvalue weighted by atomic mass is 10.0. The van der Waals surface area contributed by atoms with Gasteiger partial charge in [-0.2, -0.15) is 4.98 Å². The van der Waals surface area contributed by atoms with Crippen LogP contribution < -0.4 is 5.32 Å². The third-order valence-electron chi connectivity index (χ3n) is 5.07. The number of rotatable bonds is 5. The molecule has 1 unspecified atom stereocenters. The molecule has 1 amide bonds. The number of fused-ring (bicyclic) bond motifs is 1. The minimum Gasteiger partial charge on any atom is -0.339 e. The normalized spacial score (nSPS) is 15.1. The van der Waals surface area contributed by atoms with Crippen molar-refractivity contribution < 1.29 is 9.32 Å². The van der Waals surface area contributed by atoms with Gasteiger partial charge in [0.25, 0.3) is 5.91 Å². The summed E-state index contributed by atoms with van der Waals surface area (Å²) in [5, 5.41) is 7.17. The Bertz CT molecular complexity index is 925. The summed E-state index contributed by atoms with van der Waals surface area (Å²) in [6.07, 6.45) is 9.23. The average Bonchev–Trinajstić information content (AvgIpc) is 3.29. The highest BCUT2D eigenvalue weighted by atomic mass is 32.1. The van der Waals surface area contributed by atoms with E-state index in [0.717, 1.165) is 23.3 Å². The van der Waals surface area contributed by atoms with Gasteiger partial charge in [-0.25, -0.2) is 0 Å². The maximum atomic E-state index is 12.9. The van der Waals surface area contributed by atoms with Crippen LogP contribution in [0.5, 0.6) is 0 Å². The Morgan fingerprint density at radius 1 is 1.18 bits per heavy atom. The SMILES string of the molecule is CC(C)C(NC(=O)c1cc2c(s1)CCCCC2)c1nc(-c2ccncc2)no1. The van der Waals surface area contributed by atoms with E-state index in [2.05, 4.69) is 26.5 Å². The van der Waals surface area contributed by atoms with E-state index >= 15 is 0 Å². The smallest absolute Gasteiger partial charge is 0.262 e. The Morgan fingerprint density at radius 3 is 2.75 bits per heavy atom. The molecule has 3 aromatic heterocycles. The van der Waals surface area contributed by atoms with Crippen LogP contribution in [0.1, 0.15) is 65.2 Å². The second-order valence-electron chi connectivity index (χ2n) is 7.51. The van der Waals surface area contributed by atoms with Crippen LogP contribution in [0.2, 0.25) is 0 Å². The second-order valence-corrected chi connectivity index (χ2v) is 8.64. The molecule has 1 atom stereocenters. The van der Waals surface area contributed by atoms with Crippen LogP contribution in [0.25, 0.3) is 11.4 Å². The molecule has 7 heteroatoms. The number of hydrogen-bond acceptors (Lipinski definition) is 6. The summed E-state index contributed by atoms with van der Waals surface area (Å²) < 4.78 is 5.48. The van der Waals surface area contributed by atoms with Crippen molar-refractivity contribution in [3.63, 3.8) is 0 Å². The van der Waals surface area contributed by atoms with E-state index in [9.17, 15) is 4.79 Å². The number of carbonyl (C=O) groups is 1. The summed E-state index contributed by atoms with van der Waals surface area (Å²) in [7, 11) is 0. The Labute approximate surface area is 168 Å². The summed E-state index contributed by atoms with van der Waals surface area (Å²) in [6, 6.07) is 5.39. The van der Waals surface area contributed by atoms with E-state index in [1.165, 1.54) is 29.7 Å². The van der Waals surface area contributed by atoms with Gasteiger partial charge < -0.3 is 9.84 Å². The second kappa shape index (κ2) is 8.22. The van der Waals surface area contributed by atoms with E-state index in [1.54, 1.807) is 23.7 Å². The van der Waals surface area contributed by atoms with Crippen LogP contribution in [0.15, 0.2) is 35.1 Å². The van der Waals surface area contributed by atoms with Gasteiger partial charge in [-0.15, -0.1) is 11.3 Å². The van der Waals surface area contributed by atoms with Gasteiger partial charge in [0, 0.05) is 22.8 Å². The zero-order chi connectivity index (χ0) is 19.5. The Morgan fingerprint density at radius 2 is 1.96 bits per heavy atom. The van der Waals surface area contributed by atoms with Gasteiger partial charge in [0.1, 0.15) is 6.04 Å². The van der Waals surface area contributed by atoms with Crippen LogP contribution in [0, 0.1) is 5.92 Å². The minimum atomic E-state index is -0.336. The molecule has 146 valence electrons. The molecule has 3 aromatic rings. The molecule has 0 aromatic carbocycles. The van der Waals surface area contributed by atoms with Crippen LogP contribution in [0.4, 0.5) is 0 Å². The lowest BCUT2D eigenvalue weighted by molar-refractivity contribution is 0.0918. The van der Waals surface area contributed by atoms with Crippen LogP contribution in [-0.4, -0.2) is 21.0 Å². The summed E-state index contributed by atoms with van der Waals surface area (Å²) in [5.74, 6) is 0.973. The molecule has 4 rings (SSSR count). The number of hydrogen-bond donors (Lipinski definition) is 1. The molecule has 0 aliphatic heterocycles. The quantitative estimate of drug-likeness (QED) is 0.638. The fourth-order valence-electron chi connectivity index (χ4n) is 3.49. The number of nitrogens with one attached hydrogen (secondary N) is 1. The van der Waals surface area contributed by atoms with Gasteiger partial charge in [-0.1, -0.05) is 25.4 Å². The van der Waals surface area contributed by atoms with Crippen LogP contribution >= 0.6 is 11.3 Å². The first-order chi connectivity index (χ1) is 13.6. The fourth-order valence-corrected chi connectivity index (χ4v) is 4.64. The largest absolute Gasteiger partial charge is 0.339 e. The van der Waals surface area contributed by atoms with Gasteiger partial charge >= 0.3 is 0 Å². The number of thiophene rings is 1. The third-order valence-corrected chi connectivity index (χ3v) is 6.31. The van der Waals surface area contributed by atoms with Crippen molar-refractivity contribution in [1.82, 2.24) is 20.4 Å². The molecule has 3 heterocycles. The molecule has 0 saturated carbocycles. The van der Waals surface area contributed by atoms with Gasteiger partial charge in [0.05, 0.1) is 4.88 Å². The molecule has 0 saturated heterocycles. The average molecular weight is 397 g/mol. The highest BCUT2D eigenvalue weighted by Crippen LogP contribution is 2.30. The maximum absolute atomic E-state index is 12.9. The first-order valence-corrected chi connectivity index (χ1v) is 10.6. The summed E-state index contributed by atoms with van der Waals surface area (Å²) >= 11 is 1.62. The van der Waals surface area contributed by atoms with Crippen LogP contribution in [-0.2, 0) is 12.8 Å². The molecule has 1 aliphatic rings. The standard InChI is InChI=1S/C21H24N4O2S/c1-13(2)18(21-24-19(25-27-21)14-8-10-22-11-9-14)23-20(26)17-12-15-6-4-3-5-7-16(15)28-17/h8-13,18H,3-7H2,1-2H3,(H,23,26). The zero-order valence-electron chi connectivity index (χ0n) is 16.1. The first kappa shape index (κ1) is 18.8. The first-order valence-electron chi connectivity index (χ1n) is 9.78. The van der Waals surface area contributed by atoms with Crippen molar-refractivity contribution in [3.8, 4) is 11.4 Å². The van der Waals surface area contributed by atoms with Gasteiger partial charge in [-0.05, 0) is 55.4 Å². The third kappa shape index (κ3) is 3.99. The molecule has 0 fully saturated rings. The molecule has 6 nitrogen and oxygen atoms in total. The molecule has 0 bridgehead atoms. The number of aromatic nitrogens is 3. The summed E-state index contributed by atoms with van der Waals surface area (Å²) in [6.45, 7) is 4.07. The van der Waals surface area contributed by atoms with Gasteiger partial charge in [0.2, 0.25) is 11.7 Å². The molecule has 1 aliphatic carbocycles. The molecular formula is C21H24N4O2S. The lowest BCUT2D eigenvalue weighted by Crippen LogP contribution is -2.31. The van der Waals surface area contributed by atoms with Gasteiger partial charge in [-0.3, -0.25) is 9.78 Å². The minimum absolute atomic E-state index is 0.0690. The topological polar surface area (TPSA) is 80.9 Å². The Kier molecular flexibility index (Phi) is 5.52. The number of aryl methyl sites for hydroxylation is 2. The molecule has 28 heavy (non-hydrogen) atoms. The number of carbonyl (C=O) groups excluding carboxylic acids is 1. The zero-order valence-corrected chi connectivity index (χ0v) is 17.0. The van der Waals surface area contributed by atoms with E-state index in [1.807, 2.05) is 26.0 Å². The van der Waals surface area contributed by atoms with E-state index < -0.39 is 0 Å². The molecule has 0 spiro atoms. The van der Waals surface area contributed by atoms with Crippen molar-refractivity contribution in [3.05, 3.63) is 51.8 Å². The number of amides is 1. The Hall–Kier alpha value is -2.54. The highest BCUT2D eigenvalue weighted by molar-refractivity contribution is 7.14. The highest BCUT2D eigenvalue weighted by Gasteiger charge is 2.26. The van der Waals surface area contributed by atoms with Crippen molar-refractivity contribution >= 4 is 17.2 Å². The fraction of sp³-hybridized carbons (Fsp3) is 0.429. The number of pyridine rings is 1. The van der Waals surface area contributed by atoms with E-state index in [-0.39, 0.29) is 17.9 Å². The predicted molar refractivity (Wildman–Crippen MR) is 108 cm³/mol. The predicted octanol–water partition coefficient (Wildman–Crippen LogP) is 4.59. The molecular weight excluding hydrogens is 372 g/mol. The van der Waals surface area contributed by atoms with Crippen LogP contribution in [0.3, 0.4) is 0 Å². The molecule has 1 N–H and O–H groups in total. The monoisotopic (exact) mass is 396 g/mol. The summed E-state index contributed by atoms with van der Waals surface area (Å²) in [4.78, 5) is 23.6. The Balaban J connectivity index is 1.53. The molecule has 0 radical (unpaired) electrons. The van der Waals surface area contributed by atoms with E-state index in [0.29, 0.717) is 11.7 Å². The van der Waals surface area contributed by atoms with E-state index in [4.69, 9.17) is 4.52 Å².